The van der Waals surface area contributed by atoms with E-state index in [1.54, 1.807) is 11.3 Å². The van der Waals surface area contributed by atoms with E-state index in [1.165, 1.54) is 15.2 Å². The van der Waals surface area contributed by atoms with Crippen LogP contribution < -0.4 is 4.90 Å². The molecule has 1 atom stereocenters. The van der Waals surface area contributed by atoms with Crippen molar-refractivity contribution >= 4 is 33.8 Å². The van der Waals surface area contributed by atoms with Crippen LogP contribution >= 0.6 is 23.6 Å². The van der Waals surface area contributed by atoms with E-state index >= 15 is 0 Å². The Morgan fingerprint density at radius 2 is 1.88 bits per heavy atom. The third-order valence-corrected chi connectivity index (χ3v) is 5.57. The molecule has 132 valence electrons. The fraction of sp³-hybridized carbons (Fsp3) is 0.211. The molecule has 2 heterocycles. The third kappa shape index (κ3) is 3.60. The van der Waals surface area contributed by atoms with Gasteiger partial charge < -0.3 is 4.90 Å². The summed E-state index contributed by atoms with van der Waals surface area (Å²) >= 11 is 7.18. The van der Waals surface area contributed by atoms with Crippen molar-refractivity contribution in [2.45, 2.75) is 20.1 Å². The molecule has 2 aromatic carbocycles. The minimum atomic E-state index is 0.573. The molecule has 0 bridgehead atoms. The van der Waals surface area contributed by atoms with Crippen LogP contribution in [-0.2, 0) is 13.2 Å². The van der Waals surface area contributed by atoms with Crippen molar-refractivity contribution in [2.24, 2.45) is 0 Å². The number of nitrogens with one attached hydrogen (secondary N) is 2. The molecule has 5 nitrogen and oxygen atoms in total. The Bertz CT molecular complexity index is 1060. The first kappa shape index (κ1) is 17.1. The van der Waals surface area contributed by atoms with Gasteiger partial charge in [0, 0.05) is 5.56 Å². The summed E-state index contributed by atoms with van der Waals surface area (Å²) in [5.74, 6) is 0.808. The van der Waals surface area contributed by atoms with E-state index in [9.17, 15) is 0 Å². The first-order valence-electron chi connectivity index (χ1n) is 8.48. The molecule has 0 aliphatic heterocycles. The van der Waals surface area contributed by atoms with Crippen molar-refractivity contribution in [1.29, 1.82) is 0 Å². The highest BCUT2D eigenvalue weighted by atomic mass is 32.1. The largest absolute Gasteiger partial charge is 0.313 e. The van der Waals surface area contributed by atoms with Gasteiger partial charge in [0.05, 0.1) is 17.3 Å². The lowest BCUT2D eigenvalue weighted by Crippen LogP contribution is -3.07. The molecular formula is C19H20N5S2+. The van der Waals surface area contributed by atoms with Gasteiger partial charge >= 0.3 is 0 Å². The number of fused-ring (bicyclic) bond motifs is 1. The van der Waals surface area contributed by atoms with E-state index in [-0.39, 0.29) is 0 Å². The average molecular weight is 383 g/mol. The third-order valence-electron chi connectivity index (χ3n) is 4.22. The summed E-state index contributed by atoms with van der Waals surface area (Å²) in [5.41, 5.74) is 3.34. The van der Waals surface area contributed by atoms with Crippen LogP contribution in [0, 0.1) is 11.7 Å². The van der Waals surface area contributed by atoms with Crippen LogP contribution in [0.1, 0.15) is 10.6 Å². The van der Waals surface area contributed by atoms with Gasteiger partial charge in [0.15, 0.2) is 12.5 Å². The van der Waals surface area contributed by atoms with Gasteiger partial charge in [-0.25, -0.2) is 9.67 Å². The highest BCUT2D eigenvalue weighted by Crippen LogP contribution is 2.20. The predicted octanol–water partition coefficient (Wildman–Crippen LogP) is 3.20. The van der Waals surface area contributed by atoms with Gasteiger partial charge in [-0.1, -0.05) is 42.0 Å². The number of aromatic amines is 1. The normalized spacial score (nSPS) is 12.5. The van der Waals surface area contributed by atoms with Gasteiger partial charge in [0.2, 0.25) is 4.77 Å². The summed E-state index contributed by atoms with van der Waals surface area (Å²) in [6.07, 6.45) is 0. The molecule has 1 unspecified atom stereocenters. The average Bonchev–Trinajstić information content (AvgIpc) is 3.18. The number of aromatic nitrogens is 4. The van der Waals surface area contributed by atoms with E-state index in [0.717, 1.165) is 28.5 Å². The maximum atomic E-state index is 5.43. The van der Waals surface area contributed by atoms with E-state index in [1.807, 2.05) is 10.7 Å². The van der Waals surface area contributed by atoms with E-state index in [4.69, 9.17) is 17.2 Å². The second kappa shape index (κ2) is 7.11. The topological polar surface area (TPSA) is 50.9 Å². The molecule has 26 heavy (non-hydrogen) atoms. The van der Waals surface area contributed by atoms with Crippen molar-refractivity contribution < 1.29 is 4.90 Å². The molecule has 0 radical (unpaired) electrons. The fourth-order valence-corrected chi connectivity index (χ4v) is 4.17. The molecule has 0 saturated carbocycles. The van der Waals surface area contributed by atoms with Crippen LogP contribution in [0.4, 0.5) is 0 Å². The number of hydrogen-bond donors (Lipinski definition) is 2. The van der Waals surface area contributed by atoms with Crippen LogP contribution in [0.25, 0.3) is 21.6 Å². The Morgan fingerprint density at radius 3 is 2.65 bits per heavy atom. The Balaban J connectivity index is 1.49. The van der Waals surface area contributed by atoms with Crippen molar-refractivity contribution in [2.75, 3.05) is 7.05 Å². The zero-order valence-corrected chi connectivity index (χ0v) is 16.3. The summed E-state index contributed by atoms with van der Waals surface area (Å²) in [7, 11) is 2.14. The fourth-order valence-electron chi connectivity index (χ4n) is 2.88. The molecule has 4 aromatic rings. The first-order valence-corrected chi connectivity index (χ1v) is 9.70. The van der Waals surface area contributed by atoms with Gasteiger partial charge in [0.1, 0.15) is 11.6 Å². The molecule has 7 heteroatoms. The molecular weight excluding hydrogens is 362 g/mol. The summed E-state index contributed by atoms with van der Waals surface area (Å²) in [5, 5.41) is 4.46. The maximum absolute atomic E-state index is 5.43. The number of hydrogen-bond acceptors (Lipinski definition) is 4. The Morgan fingerprint density at radius 1 is 1.12 bits per heavy atom. The highest BCUT2D eigenvalue weighted by Gasteiger charge is 2.12. The van der Waals surface area contributed by atoms with E-state index in [2.05, 4.69) is 66.5 Å². The van der Waals surface area contributed by atoms with Crippen LogP contribution in [-0.4, -0.2) is 26.8 Å². The van der Waals surface area contributed by atoms with Gasteiger partial charge in [-0.2, -0.15) is 4.98 Å². The Hall–Kier alpha value is -2.35. The van der Waals surface area contributed by atoms with Crippen molar-refractivity contribution in [3.05, 3.63) is 63.9 Å². The van der Waals surface area contributed by atoms with Gasteiger partial charge in [0.25, 0.3) is 0 Å². The molecule has 0 aliphatic rings. The Kier molecular flexibility index (Phi) is 4.67. The zero-order chi connectivity index (χ0) is 18.1. The molecule has 0 spiro atoms. The molecule has 0 fully saturated rings. The lowest BCUT2D eigenvalue weighted by Gasteiger charge is -2.12. The molecule has 0 saturated heterocycles. The minimum Gasteiger partial charge on any atom is -0.313 e. The van der Waals surface area contributed by atoms with Crippen molar-refractivity contribution in [1.82, 2.24) is 19.7 Å². The van der Waals surface area contributed by atoms with E-state index in [0.29, 0.717) is 11.4 Å². The second-order valence-corrected chi connectivity index (χ2v) is 8.00. The standard InChI is InChI=1S/C19H19N5S2/c1-13-7-9-14(10-8-13)18-21-19(25)24(22-18)12-23(2)11-17-20-15-5-3-4-6-16(15)26-17/h3-10H,11-12H2,1-2H3,(H,21,22,25)/p+1. The first-order chi connectivity index (χ1) is 12.6. The maximum Gasteiger partial charge on any atom is 0.221 e. The number of quaternary nitrogens is 1. The monoisotopic (exact) mass is 382 g/mol. The van der Waals surface area contributed by atoms with Gasteiger partial charge in [-0.05, 0) is 31.3 Å². The second-order valence-electron chi connectivity index (χ2n) is 6.52. The number of rotatable bonds is 5. The van der Waals surface area contributed by atoms with Gasteiger partial charge in [-0.15, -0.1) is 11.3 Å². The van der Waals surface area contributed by atoms with E-state index < -0.39 is 0 Å². The van der Waals surface area contributed by atoms with Crippen LogP contribution in [0.2, 0.25) is 0 Å². The number of para-hydroxylation sites is 1. The summed E-state index contributed by atoms with van der Waals surface area (Å²) < 4.78 is 3.73. The predicted molar refractivity (Wildman–Crippen MR) is 108 cm³/mol. The highest BCUT2D eigenvalue weighted by molar-refractivity contribution is 7.71. The minimum absolute atomic E-state index is 0.573. The summed E-state index contributed by atoms with van der Waals surface area (Å²) in [4.78, 5) is 10.5. The lowest BCUT2D eigenvalue weighted by molar-refractivity contribution is -0.917. The van der Waals surface area contributed by atoms with Gasteiger partial charge in [-0.3, -0.25) is 5.10 Å². The summed E-state index contributed by atoms with van der Waals surface area (Å²) in [6.45, 7) is 3.64. The van der Waals surface area contributed by atoms with Crippen LogP contribution in [0.15, 0.2) is 48.5 Å². The number of thiazole rings is 1. The number of nitrogens with zero attached hydrogens (tertiary/aromatic N) is 3. The van der Waals surface area contributed by atoms with Crippen LogP contribution in [0.3, 0.4) is 0 Å². The number of aryl methyl sites for hydroxylation is 1. The zero-order valence-electron chi connectivity index (χ0n) is 14.7. The number of H-pyrrole nitrogens is 1. The quantitative estimate of drug-likeness (QED) is 0.521. The molecule has 0 aliphatic carbocycles. The van der Waals surface area contributed by atoms with Crippen molar-refractivity contribution in [3.63, 3.8) is 0 Å². The van der Waals surface area contributed by atoms with Crippen LogP contribution in [0.5, 0.6) is 0 Å². The lowest BCUT2D eigenvalue weighted by atomic mass is 10.1. The van der Waals surface area contributed by atoms with Crippen molar-refractivity contribution in [3.8, 4) is 11.4 Å². The smallest absolute Gasteiger partial charge is 0.221 e. The molecule has 2 N–H and O–H groups in total. The molecule has 2 aromatic heterocycles. The molecule has 4 rings (SSSR count). The molecule has 0 amide bonds. The Labute approximate surface area is 160 Å². The number of benzene rings is 2. The SMILES string of the molecule is Cc1ccc(-c2nc(=S)n(C[NH+](C)Cc3nc4ccccc4s3)[nH]2)cc1. The summed E-state index contributed by atoms with van der Waals surface area (Å²) in [6, 6.07) is 16.5.